The Labute approximate surface area is 250 Å². The second-order valence-corrected chi connectivity index (χ2v) is 11.3. The van der Waals surface area contributed by atoms with E-state index in [4.69, 9.17) is 9.72 Å². The predicted octanol–water partition coefficient (Wildman–Crippen LogP) is 7.17. The fourth-order valence-electron chi connectivity index (χ4n) is 5.00. The van der Waals surface area contributed by atoms with Gasteiger partial charge < -0.3 is 15.0 Å². The summed E-state index contributed by atoms with van der Waals surface area (Å²) in [5.41, 5.74) is 1.29. The van der Waals surface area contributed by atoms with Crippen LogP contribution >= 0.6 is 11.3 Å². The zero-order chi connectivity index (χ0) is 30.0. The van der Waals surface area contributed by atoms with Crippen molar-refractivity contribution < 1.29 is 22.7 Å². The number of thiophene rings is 1. The number of fused-ring (bicyclic) bond motifs is 1. The number of anilines is 1. The Morgan fingerprint density at radius 3 is 2.63 bits per heavy atom. The lowest BCUT2D eigenvalue weighted by Gasteiger charge is -2.33. The molecule has 11 heteroatoms. The van der Waals surface area contributed by atoms with E-state index in [0.717, 1.165) is 34.9 Å². The molecule has 6 rings (SSSR count). The van der Waals surface area contributed by atoms with E-state index in [0.29, 0.717) is 30.3 Å². The Bertz CT molecular complexity index is 1750. The van der Waals surface area contributed by atoms with Gasteiger partial charge in [-0.15, -0.1) is 11.3 Å². The van der Waals surface area contributed by atoms with Gasteiger partial charge in [-0.2, -0.15) is 13.2 Å². The van der Waals surface area contributed by atoms with E-state index in [1.165, 1.54) is 23.5 Å². The minimum atomic E-state index is -4.55. The Morgan fingerprint density at radius 2 is 1.86 bits per heavy atom. The summed E-state index contributed by atoms with van der Waals surface area (Å²) >= 11 is 1.48. The van der Waals surface area contributed by atoms with Gasteiger partial charge in [0, 0.05) is 68.0 Å². The van der Waals surface area contributed by atoms with Crippen molar-refractivity contribution in [1.29, 1.82) is 0 Å². The number of rotatable bonds is 7. The molecule has 220 valence electrons. The van der Waals surface area contributed by atoms with Gasteiger partial charge in [-0.25, -0.2) is 4.98 Å². The number of ether oxygens (including phenoxy) is 1. The second kappa shape index (κ2) is 12.1. The number of aromatic nitrogens is 2. The standard InChI is InChI=1S/C32H28F3N5O2S/c1-39-11-13-40(14-12-39)20-23-7-8-24(17-27(23)32(33,34)35)37-30(41)21-4-2-6-25(16-21)42-29-18-28(22-5-3-10-36-19-22)38-31-26(29)9-15-43-31/h2-10,15-19H,11-14,20H2,1H3,(H,37,41). The molecule has 1 fully saturated rings. The molecule has 3 aromatic heterocycles. The van der Waals surface area contributed by atoms with E-state index in [9.17, 15) is 18.0 Å². The van der Waals surface area contributed by atoms with E-state index in [-0.39, 0.29) is 23.4 Å². The molecule has 0 bridgehead atoms. The quantitative estimate of drug-likeness (QED) is 0.213. The lowest BCUT2D eigenvalue weighted by molar-refractivity contribution is -0.138. The highest BCUT2D eigenvalue weighted by Crippen LogP contribution is 2.37. The van der Waals surface area contributed by atoms with Crippen molar-refractivity contribution >= 4 is 33.1 Å². The third kappa shape index (κ3) is 6.69. The average molecular weight is 604 g/mol. The highest BCUT2D eigenvalue weighted by Gasteiger charge is 2.34. The Morgan fingerprint density at radius 1 is 1.02 bits per heavy atom. The summed E-state index contributed by atoms with van der Waals surface area (Å²) < 4.78 is 48.3. The maximum Gasteiger partial charge on any atom is 0.416 e. The molecule has 4 heterocycles. The molecule has 1 N–H and O–H groups in total. The van der Waals surface area contributed by atoms with Crippen molar-refractivity contribution in [2.45, 2.75) is 12.7 Å². The summed E-state index contributed by atoms with van der Waals surface area (Å²) in [6.07, 6.45) is -1.14. The van der Waals surface area contributed by atoms with Gasteiger partial charge in [-0.05, 0) is 66.5 Å². The van der Waals surface area contributed by atoms with Crippen LogP contribution in [0.2, 0.25) is 0 Å². The van der Waals surface area contributed by atoms with Gasteiger partial charge in [0.2, 0.25) is 0 Å². The van der Waals surface area contributed by atoms with Gasteiger partial charge in [0.15, 0.2) is 0 Å². The monoisotopic (exact) mass is 603 g/mol. The van der Waals surface area contributed by atoms with Crippen LogP contribution in [-0.4, -0.2) is 58.9 Å². The van der Waals surface area contributed by atoms with E-state index >= 15 is 0 Å². The Balaban J connectivity index is 1.21. The number of likely N-dealkylation sites (N-methyl/N-ethyl adjacent to an activating group) is 1. The van der Waals surface area contributed by atoms with Crippen LogP contribution in [0.3, 0.4) is 0 Å². The number of piperazine rings is 1. The first kappa shape index (κ1) is 28.8. The van der Waals surface area contributed by atoms with Crippen LogP contribution in [0.4, 0.5) is 18.9 Å². The highest BCUT2D eigenvalue weighted by atomic mass is 32.1. The molecule has 0 radical (unpaired) electrons. The van der Waals surface area contributed by atoms with Crippen molar-refractivity contribution in [2.24, 2.45) is 0 Å². The maximum absolute atomic E-state index is 14.0. The molecule has 0 saturated carbocycles. The SMILES string of the molecule is CN1CCN(Cc2ccc(NC(=O)c3cccc(Oc4cc(-c5cccnc5)nc5sccc45)c3)cc2C(F)(F)F)CC1. The van der Waals surface area contributed by atoms with Gasteiger partial charge in [0.05, 0.1) is 16.6 Å². The van der Waals surface area contributed by atoms with Crippen LogP contribution in [0.1, 0.15) is 21.5 Å². The Hall–Kier alpha value is -4.32. The smallest absolute Gasteiger partial charge is 0.416 e. The van der Waals surface area contributed by atoms with Crippen LogP contribution in [0.5, 0.6) is 11.5 Å². The van der Waals surface area contributed by atoms with E-state index in [2.05, 4.69) is 15.2 Å². The third-order valence-corrected chi connectivity index (χ3v) is 8.15. The number of halogens is 3. The molecule has 1 saturated heterocycles. The molecule has 43 heavy (non-hydrogen) atoms. The first-order valence-electron chi connectivity index (χ1n) is 13.7. The van der Waals surface area contributed by atoms with Crippen LogP contribution in [0.25, 0.3) is 21.5 Å². The summed E-state index contributed by atoms with van der Waals surface area (Å²) in [5, 5.41) is 5.37. The second-order valence-electron chi connectivity index (χ2n) is 10.4. The van der Waals surface area contributed by atoms with Gasteiger partial charge in [0.25, 0.3) is 5.91 Å². The van der Waals surface area contributed by atoms with Crippen molar-refractivity contribution in [2.75, 3.05) is 38.5 Å². The first-order chi connectivity index (χ1) is 20.7. The summed E-state index contributed by atoms with van der Waals surface area (Å²) in [7, 11) is 2.00. The number of carbonyl (C=O) groups is 1. The molecule has 0 unspecified atom stereocenters. The zero-order valence-electron chi connectivity index (χ0n) is 23.3. The minimum absolute atomic E-state index is 0.0704. The lowest BCUT2D eigenvalue weighted by Crippen LogP contribution is -2.44. The number of pyridine rings is 2. The maximum atomic E-state index is 14.0. The topological polar surface area (TPSA) is 70.6 Å². The van der Waals surface area contributed by atoms with Crippen LogP contribution < -0.4 is 10.1 Å². The number of benzene rings is 2. The number of hydrogen-bond donors (Lipinski definition) is 1. The van der Waals surface area contributed by atoms with Crippen molar-refractivity contribution in [3.63, 3.8) is 0 Å². The van der Waals surface area contributed by atoms with E-state index in [1.54, 1.807) is 36.7 Å². The van der Waals surface area contributed by atoms with Crippen molar-refractivity contribution in [3.05, 3.63) is 101 Å². The van der Waals surface area contributed by atoms with Crippen LogP contribution in [-0.2, 0) is 12.7 Å². The molecular weight excluding hydrogens is 575 g/mol. The van der Waals surface area contributed by atoms with E-state index in [1.807, 2.05) is 41.6 Å². The molecule has 1 amide bonds. The molecule has 7 nitrogen and oxygen atoms in total. The van der Waals surface area contributed by atoms with Gasteiger partial charge in [0.1, 0.15) is 16.3 Å². The molecule has 1 aliphatic heterocycles. The van der Waals surface area contributed by atoms with Crippen LogP contribution in [0, 0.1) is 0 Å². The number of carbonyl (C=O) groups excluding carboxylic acids is 1. The molecule has 2 aromatic carbocycles. The fraction of sp³-hybridized carbons (Fsp3) is 0.219. The van der Waals surface area contributed by atoms with Gasteiger partial charge in [-0.3, -0.25) is 14.7 Å². The highest BCUT2D eigenvalue weighted by molar-refractivity contribution is 7.16. The van der Waals surface area contributed by atoms with Crippen LogP contribution in [0.15, 0.2) is 84.5 Å². The molecule has 0 aliphatic carbocycles. The lowest BCUT2D eigenvalue weighted by atomic mass is 10.0. The number of alkyl halides is 3. The molecule has 1 aliphatic rings. The summed E-state index contributed by atoms with van der Waals surface area (Å²) in [6, 6.07) is 18.0. The largest absolute Gasteiger partial charge is 0.457 e. The van der Waals surface area contributed by atoms with Crippen molar-refractivity contribution in [1.82, 2.24) is 19.8 Å². The van der Waals surface area contributed by atoms with E-state index < -0.39 is 17.6 Å². The summed E-state index contributed by atoms with van der Waals surface area (Å²) in [4.78, 5) is 27.0. The van der Waals surface area contributed by atoms with Gasteiger partial charge in [-0.1, -0.05) is 12.1 Å². The summed E-state index contributed by atoms with van der Waals surface area (Å²) in [5.74, 6) is 0.423. The number of nitrogens with one attached hydrogen (secondary N) is 1. The Kier molecular flexibility index (Phi) is 8.11. The first-order valence-corrected chi connectivity index (χ1v) is 14.6. The number of hydrogen-bond acceptors (Lipinski definition) is 7. The summed E-state index contributed by atoms with van der Waals surface area (Å²) in [6.45, 7) is 3.22. The molecule has 0 spiro atoms. The predicted molar refractivity (Wildman–Crippen MR) is 162 cm³/mol. The number of nitrogens with zero attached hydrogens (tertiary/aromatic N) is 4. The van der Waals surface area contributed by atoms with Gasteiger partial charge >= 0.3 is 6.18 Å². The zero-order valence-corrected chi connectivity index (χ0v) is 24.1. The normalized spacial score (nSPS) is 14.6. The average Bonchev–Trinajstić information content (AvgIpc) is 3.48. The fourth-order valence-corrected chi connectivity index (χ4v) is 5.78. The number of amides is 1. The molecule has 0 atom stereocenters. The minimum Gasteiger partial charge on any atom is -0.457 e. The molecular formula is C32H28F3N5O2S. The third-order valence-electron chi connectivity index (χ3n) is 7.34. The molecule has 5 aromatic rings. The van der Waals surface area contributed by atoms with Crippen molar-refractivity contribution in [3.8, 4) is 22.8 Å².